The van der Waals surface area contributed by atoms with Crippen molar-refractivity contribution in [2.75, 3.05) is 17.7 Å². The minimum atomic E-state index is -1.10. The molecule has 2 aromatic carbocycles. The molecule has 2 aromatic rings. The van der Waals surface area contributed by atoms with Gasteiger partial charge < -0.3 is 15.4 Å². The fourth-order valence-electron chi connectivity index (χ4n) is 2.14. The van der Waals surface area contributed by atoms with Crippen LogP contribution in [0.2, 0.25) is 0 Å². The van der Waals surface area contributed by atoms with Crippen molar-refractivity contribution < 1.29 is 23.1 Å². The van der Waals surface area contributed by atoms with E-state index in [-0.39, 0.29) is 17.9 Å². The van der Waals surface area contributed by atoms with Crippen LogP contribution in [-0.2, 0) is 16.0 Å². The largest absolute Gasteiger partial charge is 0.494 e. The Bertz CT molecular complexity index is 822. The Hall–Kier alpha value is -3.22. The van der Waals surface area contributed by atoms with E-state index < -0.39 is 23.4 Å². The summed E-state index contributed by atoms with van der Waals surface area (Å²) in [4.78, 5) is 23.7. The number of hydrogen-bond acceptors (Lipinski definition) is 3. The summed E-state index contributed by atoms with van der Waals surface area (Å²) in [6.07, 6.45) is 1.03. The molecule has 0 saturated heterocycles. The summed E-state index contributed by atoms with van der Waals surface area (Å²) in [5.74, 6) is -3.07. The molecule has 0 saturated carbocycles. The number of hydrogen-bond donors (Lipinski definition) is 2. The van der Waals surface area contributed by atoms with E-state index in [1.54, 1.807) is 24.3 Å². The zero-order valence-corrected chi connectivity index (χ0v) is 13.4. The molecule has 25 heavy (non-hydrogen) atoms. The summed E-state index contributed by atoms with van der Waals surface area (Å²) >= 11 is 0. The van der Waals surface area contributed by atoms with Crippen LogP contribution in [0.3, 0.4) is 0 Å². The number of methoxy groups -OCH3 is 1. The van der Waals surface area contributed by atoms with E-state index in [2.05, 4.69) is 17.2 Å². The lowest BCUT2D eigenvalue weighted by atomic mass is 10.1. The first kappa shape index (κ1) is 18.1. The number of halogens is 2. The third-order valence-corrected chi connectivity index (χ3v) is 3.33. The molecule has 0 fully saturated rings. The van der Waals surface area contributed by atoms with Crippen molar-refractivity contribution in [2.24, 2.45) is 0 Å². The Morgan fingerprint density at radius 1 is 1.12 bits per heavy atom. The number of carbonyl (C=O) groups is 2. The predicted octanol–water partition coefficient (Wildman–Crippen LogP) is 3.28. The van der Waals surface area contributed by atoms with Crippen molar-refractivity contribution in [2.45, 2.75) is 6.42 Å². The zero-order chi connectivity index (χ0) is 18.4. The van der Waals surface area contributed by atoms with Gasteiger partial charge in [0.2, 0.25) is 11.8 Å². The molecular weight excluding hydrogens is 330 g/mol. The van der Waals surface area contributed by atoms with Gasteiger partial charge in [-0.25, -0.2) is 8.78 Å². The normalized spacial score (nSPS) is 10.0. The average Bonchev–Trinajstić information content (AvgIpc) is 2.59. The van der Waals surface area contributed by atoms with Crippen LogP contribution in [0.5, 0.6) is 5.75 Å². The summed E-state index contributed by atoms with van der Waals surface area (Å²) in [6.45, 7) is 3.37. The Balaban J connectivity index is 2.17. The number of benzene rings is 2. The van der Waals surface area contributed by atoms with Gasteiger partial charge in [-0.05, 0) is 17.7 Å². The molecule has 7 heteroatoms. The Morgan fingerprint density at radius 3 is 2.48 bits per heavy atom. The molecular formula is C18H16F2N2O3. The highest BCUT2D eigenvalue weighted by atomic mass is 19.2. The molecule has 0 aliphatic rings. The van der Waals surface area contributed by atoms with Gasteiger partial charge >= 0.3 is 0 Å². The van der Waals surface area contributed by atoms with Crippen molar-refractivity contribution in [1.29, 1.82) is 0 Å². The first-order chi connectivity index (χ1) is 11.9. The van der Waals surface area contributed by atoms with Gasteiger partial charge in [-0.2, -0.15) is 0 Å². The molecule has 0 heterocycles. The number of rotatable bonds is 6. The van der Waals surface area contributed by atoms with Gasteiger partial charge in [-0.3, -0.25) is 9.59 Å². The number of carbonyl (C=O) groups excluding carboxylic acids is 2. The fourth-order valence-corrected chi connectivity index (χ4v) is 2.14. The summed E-state index contributed by atoms with van der Waals surface area (Å²) in [7, 11) is 1.28. The van der Waals surface area contributed by atoms with E-state index in [1.165, 1.54) is 7.11 Å². The minimum Gasteiger partial charge on any atom is -0.494 e. The molecule has 2 rings (SSSR count). The van der Waals surface area contributed by atoms with Crippen LogP contribution in [0.1, 0.15) is 5.56 Å². The molecule has 0 atom stereocenters. The molecule has 0 aromatic heterocycles. The third-order valence-electron chi connectivity index (χ3n) is 3.33. The summed E-state index contributed by atoms with van der Waals surface area (Å²) in [5.41, 5.74) is 1.02. The van der Waals surface area contributed by atoms with Crippen molar-refractivity contribution in [3.8, 4) is 5.75 Å². The van der Waals surface area contributed by atoms with Gasteiger partial charge in [0.05, 0.1) is 19.2 Å². The Labute approximate surface area is 143 Å². The van der Waals surface area contributed by atoms with Gasteiger partial charge in [0.25, 0.3) is 0 Å². The van der Waals surface area contributed by atoms with Crippen LogP contribution in [0.25, 0.3) is 0 Å². The highest BCUT2D eigenvalue weighted by Gasteiger charge is 2.14. The molecule has 0 unspecified atom stereocenters. The molecule has 0 spiro atoms. The van der Waals surface area contributed by atoms with Crippen LogP contribution in [0.4, 0.5) is 20.2 Å². The molecule has 0 aliphatic heterocycles. The van der Waals surface area contributed by atoms with Crippen molar-refractivity contribution in [1.82, 2.24) is 0 Å². The van der Waals surface area contributed by atoms with Crippen LogP contribution in [-0.4, -0.2) is 18.9 Å². The van der Waals surface area contributed by atoms with E-state index in [0.717, 1.165) is 18.2 Å². The van der Waals surface area contributed by atoms with Crippen molar-refractivity contribution >= 4 is 23.2 Å². The van der Waals surface area contributed by atoms with Crippen LogP contribution >= 0.6 is 0 Å². The topological polar surface area (TPSA) is 67.4 Å². The summed E-state index contributed by atoms with van der Waals surface area (Å²) in [5, 5.41) is 5.07. The van der Waals surface area contributed by atoms with Gasteiger partial charge in [-0.15, -0.1) is 0 Å². The second-order valence-electron chi connectivity index (χ2n) is 5.04. The first-order valence-corrected chi connectivity index (χ1v) is 7.28. The summed E-state index contributed by atoms with van der Waals surface area (Å²) < 4.78 is 31.5. The second kappa shape index (κ2) is 8.05. The fraction of sp³-hybridized carbons (Fsp3) is 0.111. The van der Waals surface area contributed by atoms with Gasteiger partial charge in [0.1, 0.15) is 5.75 Å². The highest BCUT2D eigenvalue weighted by Crippen LogP contribution is 2.27. The maximum Gasteiger partial charge on any atom is 0.247 e. The zero-order valence-electron chi connectivity index (χ0n) is 13.4. The molecule has 0 aliphatic carbocycles. The van der Waals surface area contributed by atoms with E-state index in [0.29, 0.717) is 11.3 Å². The molecule has 2 N–H and O–H groups in total. The molecule has 2 amide bonds. The lowest BCUT2D eigenvalue weighted by molar-refractivity contribution is -0.115. The Morgan fingerprint density at radius 2 is 1.80 bits per heavy atom. The second-order valence-corrected chi connectivity index (χ2v) is 5.04. The molecule has 0 radical (unpaired) electrons. The van der Waals surface area contributed by atoms with Crippen LogP contribution < -0.4 is 15.4 Å². The average molecular weight is 346 g/mol. The minimum absolute atomic E-state index is 0.000459. The lowest BCUT2D eigenvalue weighted by Crippen LogP contribution is -2.17. The maximum absolute atomic E-state index is 13.4. The van der Waals surface area contributed by atoms with Crippen molar-refractivity contribution in [3.05, 3.63) is 66.3 Å². The number of anilines is 2. The number of amides is 2. The molecule has 130 valence electrons. The highest BCUT2D eigenvalue weighted by molar-refractivity contribution is 6.00. The standard InChI is InChI=1S/C18H16F2N2O3/c1-3-17(23)21-14-7-5-4-6-11(14)8-18(24)22-15-9-12(19)13(20)10-16(15)25-2/h3-7,9-10H,1,8H2,2H3,(H,21,23)(H,22,24). The summed E-state index contributed by atoms with van der Waals surface area (Å²) in [6, 6.07) is 8.42. The van der Waals surface area contributed by atoms with E-state index in [9.17, 15) is 18.4 Å². The quantitative estimate of drug-likeness (QED) is 0.789. The third kappa shape index (κ3) is 4.63. The lowest BCUT2D eigenvalue weighted by Gasteiger charge is -2.12. The van der Waals surface area contributed by atoms with E-state index in [4.69, 9.17) is 4.74 Å². The SMILES string of the molecule is C=CC(=O)Nc1ccccc1CC(=O)Nc1cc(F)c(F)cc1OC. The van der Waals surface area contributed by atoms with Gasteiger partial charge in [0.15, 0.2) is 11.6 Å². The van der Waals surface area contributed by atoms with Crippen LogP contribution in [0.15, 0.2) is 49.1 Å². The van der Waals surface area contributed by atoms with E-state index in [1.807, 2.05) is 0 Å². The van der Waals surface area contributed by atoms with Crippen molar-refractivity contribution in [3.63, 3.8) is 0 Å². The van der Waals surface area contributed by atoms with E-state index >= 15 is 0 Å². The van der Waals surface area contributed by atoms with Gasteiger partial charge in [0, 0.05) is 17.8 Å². The molecule has 0 bridgehead atoms. The number of nitrogens with one attached hydrogen (secondary N) is 2. The predicted molar refractivity (Wildman–Crippen MR) is 90.5 cm³/mol. The maximum atomic E-state index is 13.4. The van der Waals surface area contributed by atoms with Gasteiger partial charge in [-0.1, -0.05) is 24.8 Å². The number of para-hydroxylation sites is 1. The number of ether oxygens (including phenoxy) is 1. The monoisotopic (exact) mass is 346 g/mol. The Kier molecular flexibility index (Phi) is 5.84. The van der Waals surface area contributed by atoms with Crippen LogP contribution in [0, 0.1) is 11.6 Å². The smallest absolute Gasteiger partial charge is 0.247 e. The first-order valence-electron chi connectivity index (χ1n) is 7.28. The molecule has 5 nitrogen and oxygen atoms in total.